The number of carboxylic acid groups (broad SMARTS) is 1. The van der Waals surface area contributed by atoms with E-state index in [2.05, 4.69) is 38.7 Å². The number of aliphatic carboxylic acids is 1. The van der Waals surface area contributed by atoms with Gasteiger partial charge in [0.15, 0.2) is 0 Å². The Kier molecular flexibility index (Phi) is 6.85. The molecular weight excluding hydrogens is 542 g/mol. The van der Waals surface area contributed by atoms with Crippen LogP contribution in [0.5, 0.6) is 5.75 Å². The summed E-state index contributed by atoms with van der Waals surface area (Å²) in [6.45, 7) is 0.973. The number of hydrogen-bond donors (Lipinski definition) is 1. The summed E-state index contributed by atoms with van der Waals surface area (Å²) < 4.78 is 9.33. The first kappa shape index (κ1) is 24.6. The van der Waals surface area contributed by atoms with Crippen LogP contribution in [0.15, 0.2) is 83.3 Å². The Morgan fingerprint density at radius 1 is 0.947 bits per heavy atom. The van der Waals surface area contributed by atoms with Crippen molar-refractivity contribution < 1.29 is 14.6 Å². The van der Waals surface area contributed by atoms with E-state index >= 15 is 0 Å². The largest absolute Gasteiger partial charge is 0.487 e. The zero-order valence-corrected chi connectivity index (χ0v) is 22.5. The van der Waals surface area contributed by atoms with Gasteiger partial charge in [-0.1, -0.05) is 65.2 Å². The maximum Gasteiger partial charge on any atom is 0.307 e. The van der Waals surface area contributed by atoms with Crippen molar-refractivity contribution >= 4 is 43.8 Å². The number of fused-ring (bicyclic) bond motifs is 2. The standard InChI is InChI=1S/C31H28BrN3O3/c32-22-8-5-6-20(16-22)18-35-29-15-14-24(38-19-23-13-12-21-7-1-4-11-27(21)33-23)17-28(29)34-30(35)25-9-2-3-10-26(25)31(36)37/h1,4-8,11-17,25-26H,2-3,9-10,18-19H2,(H,36,37)/t25-,26+/m0/s1. The molecule has 192 valence electrons. The third-order valence-electron chi connectivity index (χ3n) is 7.44. The van der Waals surface area contributed by atoms with Crippen molar-refractivity contribution in [2.24, 2.45) is 5.92 Å². The van der Waals surface area contributed by atoms with Gasteiger partial charge in [0.25, 0.3) is 0 Å². The van der Waals surface area contributed by atoms with Crippen LogP contribution in [0.1, 0.15) is 48.7 Å². The van der Waals surface area contributed by atoms with Crippen LogP contribution in [-0.2, 0) is 17.9 Å². The van der Waals surface area contributed by atoms with Gasteiger partial charge in [0.2, 0.25) is 0 Å². The van der Waals surface area contributed by atoms with Gasteiger partial charge in [0, 0.05) is 28.4 Å². The Morgan fingerprint density at radius 3 is 2.68 bits per heavy atom. The van der Waals surface area contributed by atoms with E-state index in [1.165, 1.54) is 0 Å². The van der Waals surface area contributed by atoms with Gasteiger partial charge in [0.05, 0.1) is 28.2 Å². The number of para-hydroxylation sites is 1. The molecule has 6 rings (SSSR count). The molecular formula is C31H28BrN3O3. The molecule has 5 aromatic rings. The molecule has 2 atom stereocenters. The Morgan fingerprint density at radius 2 is 1.82 bits per heavy atom. The maximum absolute atomic E-state index is 12.2. The van der Waals surface area contributed by atoms with Crippen molar-refractivity contribution in [1.82, 2.24) is 14.5 Å². The van der Waals surface area contributed by atoms with Crippen molar-refractivity contribution in [3.63, 3.8) is 0 Å². The average molecular weight is 570 g/mol. The summed E-state index contributed by atoms with van der Waals surface area (Å²) in [6, 6.07) is 26.2. The highest BCUT2D eigenvalue weighted by Crippen LogP contribution is 2.39. The average Bonchev–Trinajstić information content (AvgIpc) is 3.29. The van der Waals surface area contributed by atoms with Gasteiger partial charge in [0.1, 0.15) is 18.2 Å². The molecule has 2 aromatic heterocycles. The lowest BCUT2D eigenvalue weighted by atomic mass is 9.78. The number of carbonyl (C=O) groups is 1. The molecule has 0 radical (unpaired) electrons. The first-order valence-electron chi connectivity index (χ1n) is 13.0. The summed E-state index contributed by atoms with van der Waals surface area (Å²) in [5.74, 6) is 0.288. The van der Waals surface area contributed by atoms with Crippen molar-refractivity contribution in [3.05, 3.63) is 100 Å². The van der Waals surface area contributed by atoms with E-state index in [-0.39, 0.29) is 5.92 Å². The van der Waals surface area contributed by atoms with E-state index in [9.17, 15) is 9.90 Å². The zero-order valence-electron chi connectivity index (χ0n) is 20.9. The Hall–Kier alpha value is -3.71. The number of benzene rings is 3. The van der Waals surface area contributed by atoms with E-state index < -0.39 is 11.9 Å². The van der Waals surface area contributed by atoms with E-state index in [0.717, 1.165) is 62.8 Å². The molecule has 0 unspecified atom stereocenters. The second-order valence-electron chi connectivity index (χ2n) is 9.96. The van der Waals surface area contributed by atoms with Crippen molar-refractivity contribution in [3.8, 4) is 5.75 Å². The summed E-state index contributed by atoms with van der Waals surface area (Å²) in [7, 11) is 0. The monoisotopic (exact) mass is 569 g/mol. The Balaban J connectivity index is 1.34. The predicted molar refractivity (Wildman–Crippen MR) is 151 cm³/mol. The number of carboxylic acids is 1. The Labute approximate surface area is 229 Å². The van der Waals surface area contributed by atoms with Gasteiger partial charge in [-0.05, 0) is 54.8 Å². The van der Waals surface area contributed by atoms with Gasteiger partial charge in [-0.15, -0.1) is 0 Å². The van der Waals surface area contributed by atoms with Crippen molar-refractivity contribution in [2.75, 3.05) is 0 Å². The number of rotatable bonds is 7. The second-order valence-corrected chi connectivity index (χ2v) is 10.9. The van der Waals surface area contributed by atoms with Crippen molar-refractivity contribution in [1.29, 1.82) is 0 Å². The number of nitrogens with zero attached hydrogens (tertiary/aromatic N) is 3. The van der Waals surface area contributed by atoms with Crippen LogP contribution in [-0.4, -0.2) is 25.6 Å². The second kappa shape index (κ2) is 10.6. The molecule has 0 amide bonds. The van der Waals surface area contributed by atoms with Crippen LogP contribution in [0.3, 0.4) is 0 Å². The van der Waals surface area contributed by atoms with Crippen LogP contribution in [0, 0.1) is 5.92 Å². The van der Waals surface area contributed by atoms with Gasteiger partial charge < -0.3 is 14.4 Å². The van der Waals surface area contributed by atoms with Gasteiger partial charge in [-0.25, -0.2) is 9.97 Å². The van der Waals surface area contributed by atoms with Crippen LogP contribution in [0.25, 0.3) is 21.9 Å². The first-order valence-corrected chi connectivity index (χ1v) is 13.8. The summed E-state index contributed by atoms with van der Waals surface area (Å²) in [6.07, 6.45) is 3.48. The lowest BCUT2D eigenvalue weighted by molar-refractivity contribution is -0.143. The number of aromatic nitrogens is 3. The lowest BCUT2D eigenvalue weighted by Crippen LogP contribution is -2.27. The molecule has 2 heterocycles. The predicted octanol–water partition coefficient (Wildman–Crippen LogP) is 7.33. The molecule has 6 nitrogen and oxygen atoms in total. The Bertz CT molecular complexity index is 1630. The zero-order chi connectivity index (χ0) is 26.1. The molecule has 0 aliphatic heterocycles. The summed E-state index contributed by atoms with van der Waals surface area (Å²) >= 11 is 3.57. The normalized spacial score (nSPS) is 17.6. The fraction of sp³-hybridized carbons (Fsp3) is 0.258. The molecule has 38 heavy (non-hydrogen) atoms. The van der Waals surface area contributed by atoms with Crippen LogP contribution in [0.2, 0.25) is 0 Å². The number of pyridine rings is 1. The minimum Gasteiger partial charge on any atom is -0.487 e. The minimum absolute atomic E-state index is 0.119. The smallest absolute Gasteiger partial charge is 0.307 e. The highest BCUT2D eigenvalue weighted by molar-refractivity contribution is 9.10. The van der Waals surface area contributed by atoms with Gasteiger partial charge in [-0.3, -0.25) is 4.79 Å². The highest BCUT2D eigenvalue weighted by Gasteiger charge is 2.35. The van der Waals surface area contributed by atoms with E-state index in [0.29, 0.717) is 25.3 Å². The number of ether oxygens (including phenoxy) is 1. The maximum atomic E-state index is 12.2. The van der Waals surface area contributed by atoms with Crippen LogP contribution >= 0.6 is 15.9 Å². The first-order chi connectivity index (χ1) is 18.5. The topological polar surface area (TPSA) is 77.2 Å². The van der Waals surface area contributed by atoms with Crippen molar-refractivity contribution in [2.45, 2.75) is 44.8 Å². The molecule has 7 heteroatoms. The van der Waals surface area contributed by atoms with E-state index in [1.807, 2.05) is 60.7 Å². The van der Waals surface area contributed by atoms with Crippen LogP contribution < -0.4 is 4.74 Å². The lowest BCUT2D eigenvalue weighted by Gasteiger charge is -2.28. The fourth-order valence-corrected chi connectivity index (χ4v) is 6.01. The quantitative estimate of drug-likeness (QED) is 0.222. The van der Waals surface area contributed by atoms with E-state index in [1.54, 1.807) is 0 Å². The van der Waals surface area contributed by atoms with Gasteiger partial charge >= 0.3 is 5.97 Å². The van der Waals surface area contributed by atoms with Gasteiger partial charge in [-0.2, -0.15) is 0 Å². The SMILES string of the molecule is O=C(O)[C@@H]1CCCC[C@@H]1c1nc2cc(OCc3ccc4ccccc4n3)ccc2n1Cc1cccc(Br)c1. The molecule has 0 saturated heterocycles. The number of halogens is 1. The number of hydrogen-bond acceptors (Lipinski definition) is 4. The molecule has 1 N–H and O–H groups in total. The molecule has 0 bridgehead atoms. The third kappa shape index (κ3) is 5.03. The third-order valence-corrected chi connectivity index (χ3v) is 7.93. The van der Waals surface area contributed by atoms with Crippen LogP contribution in [0.4, 0.5) is 0 Å². The molecule has 1 aliphatic carbocycles. The van der Waals surface area contributed by atoms with E-state index in [4.69, 9.17) is 14.7 Å². The fourth-order valence-electron chi connectivity index (χ4n) is 5.57. The minimum atomic E-state index is -0.734. The molecule has 1 saturated carbocycles. The summed E-state index contributed by atoms with van der Waals surface area (Å²) in [5.41, 5.74) is 4.72. The molecule has 1 aliphatic rings. The summed E-state index contributed by atoms with van der Waals surface area (Å²) in [4.78, 5) is 21.9. The molecule has 3 aromatic carbocycles. The number of imidazole rings is 1. The highest BCUT2D eigenvalue weighted by atomic mass is 79.9. The molecule has 0 spiro atoms. The summed E-state index contributed by atoms with van der Waals surface area (Å²) in [5, 5.41) is 11.1. The molecule has 1 fully saturated rings.